The summed E-state index contributed by atoms with van der Waals surface area (Å²) >= 11 is 10.4. The third-order valence-electron chi connectivity index (χ3n) is 3.32. The van der Waals surface area contributed by atoms with Gasteiger partial charge in [-0.15, -0.1) is 0 Å². The Bertz CT molecular complexity index is 460. The fourth-order valence-electron chi connectivity index (χ4n) is 1.82. The Morgan fingerprint density at radius 2 is 1.23 bits per heavy atom. The summed E-state index contributed by atoms with van der Waals surface area (Å²) in [6.45, 7) is 0. The third-order valence-corrected chi connectivity index (χ3v) is 4.51. The van der Waals surface area contributed by atoms with E-state index in [1.54, 1.807) is 14.1 Å². The molecule has 0 heterocycles. The predicted octanol–water partition coefficient (Wildman–Crippen LogP) is 0.0600. The Morgan fingerprint density at radius 1 is 0.909 bits per heavy atom. The Labute approximate surface area is 155 Å². The van der Waals surface area contributed by atoms with E-state index in [2.05, 4.69) is 10.2 Å². The molecular weight excluding hydrogens is 503 g/mol. The zero-order valence-electron chi connectivity index (χ0n) is 12.4. The zero-order chi connectivity index (χ0) is 15.6. The van der Waals surface area contributed by atoms with Crippen LogP contribution in [-0.4, -0.2) is 45.9 Å². The van der Waals surface area contributed by atoms with Crippen molar-refractivity contribution in [1.29, 1.82) is 0 Å². The molecule has 0 unspecified atom stereocenters. The van der Waals surface area contributed by atoms with Crippen LogP contribution in [0.5, 0.6) is 0 Å². The zero-order valence-corrected chi connectivity index (χ0v) is 16.3. The first-order chi connectivity index (χ1) is 9.88. The molecule has 124 valence electrons. The molecule has 0 radical (unpaired) electrons. The molecule has 9 heteroatoms. The molecule has 2 rings (SSSR count). The maximum Gasteiger partial charge on any atom is 2.00 e. The fourth-order valence-corrected chi connectivity index (χ4v) is 2.38. The Hall–Kier alpha value is -0.592. The monoisotopic (exact) mass is 521 g/mol. The van der Waals surface area contributed by atoms with E-state index in [4.69, 9.17) is 24.4 Å². The van der Waals surface area contributed by atoms with E-state index in [1.807, 2.05) is 0 Å². The first-order valence-electron chi connectivity index (χ1n) is 6.92. The summed E-state index contributed by atoms with van der Waals surface area (Å²) in [7, 11) is 3.27. The van der Waals surface area contributed by atoms with Crippen LogP contribution >= 0.6 is 24.4 Å². The van der Waals surface area contributed by atoms with Crippen LogP contribution in [0.2, 0.25) is 0 Å². The molecule has 0 saturated heterocycles. The van der Waals surface area contributed by atoms with Crippen molar-refractivity contribution in [3.8, 4) is 0 Å². The van der Waals surface area contributed by atoms with Gasteiger partial charge in [0, 0.05) is 32.4 Å². The van der Waals surface area contributed by atoms with Gasteiger partial charge in [-0.2, -0.15) is 10.2 Å². The Kier molecular flexibility index (Phi) is 7.35. The van der Waals surface area contributed by atoms with Gasteiger partial charge in [-0.05, 0) is 37.5 Å². The van der Waals surface area contributed by atoms with E-state index in [-0.39, 0.29) is 27.5 Å². The molecule has 0 aliphatic heterocycles. The van der Waals surface area contributed by atoms with Crippen LogP contribution in [0.3, 0.4) is 0 Å². The number of hydrogen-bond acceptors (Lipinski definition) is 6. The summed E-state index contributed by atoms with van der Waals surface area (Å²) < 4.78 is 0. The largest absolute Gasteiger partial charge is 2.00 e. The molecule has 0 atom stereocenters. The topological polar surface area (TPSA) is 77.3 Å². The van der Waals surface area contributed by atoms with Crippen molar-refractivity contribution in [2.45, 2.75) is 32.1 Å². The van der Waals surface area contributed by atoms with Crippen LogP contribution < -0.4 is 10.2 Å². The molecule has 2 saturated carbocycles. The van der Waals surface area contributed by atoms with Crippen molar-refractivity contribution < 1.29 is 31.3 Å². The van der Waals surface area contributed by atoms with Gasteiger partial charge in [0.2, 0.25) is 0 Å². The molecule has 0 aromatic rings. The molecule has 0 N–H and O–H groups in total. The summed E-state index contributed by atoms with van der Waals surface area (Å²) in [6.07, 6.45) is 3.82. The number of hydrazone groups is 2. The predicted molar refractivity (Wildman–Crippen MR) is 85.7 cm³/mol. The van der Waals surface area contributed by atoms with Gasteiger partial charge >= 0.3 is 21.1 Å². The van der Waals surface area contributed by atoms with Crippen LogP contribution in [0.4, 0.5) is 0 Å². The van der Waals surface area contributed by atoms with Crippen LogP contribution in [-0.2, 0) is 21.1 Å². The second kappa shape index (κ2) is 8.31. The summed E-state index contributed by atoms with van der Waals surface area (Å²) in [5.74, 6) is -0.382. The molecule has 6 nitrogen and oxygen atoms in total. The van der Waals surface area contributed by atoms with Gasteiger partial charge in [0.15, 0.2) is 0 Å². The smallest absolute Gasteiger partial charge is 0.860 e. The van der Waals surface area contributed by atoms with Gasteiger partial charge in [0.05, 0.1) is 0 Å². The quantitative estimate of drug-likeness (QED) is 0.213. The molecule has 2 aliphatic carbocycles. The maximum atomic E-state index is 11.7. The molecule has 0 aromatic heterocycles. The van der Waals surface area contributed by atoms with Gasteiger partial charge in [0.1, 0.15) is 9.98 Å². The Balaban J connectivity index is 0.00000242. The minimum Gasteiger partial charge on any atom is -0.860 e. The van der Waals surface area contributed by atoms with Crippen LogP contribution in [0, 0.1) is 11.8 Å². The first-order valence-corrected chi connectivity index (χ1v) is 7.74. The minimum atomic E-state index is -0.542. The molecule has 0 spiro atoms. The second-order valence-corrected chi connectivity index (χ2v) is 6.27. The van der Waals surface area contributed by atoms with Crippen LogP contribution in [0.25, 0.3) is 0 Å². The normalized spacial score (nSPS) is 18.5. The van der Waals surface area contributed by atoms with E-state index in [1.165, 1.54) is 10.0 Å². The van der Waals surface area contributed by atoms with E-state index >= 15 is 0 Å². The van der Waals surface area contributed by atoms with Gasteiger partial charge in [-0.25, -0.2) is 0 Å². The molecule has 22 heavy (non-hydrogen) atoms. The Morgan fingerprint density at radius 3 is 1.50 bits per heavy atom. The van der Waals surface area contributed by atoms with Gasteiger partial charge in [0.25, 0.3) is 0 Å². The van der Waals surface area contributed by atoms with E-state index < -0.39 is 11.8 Å². The van der Waals surface area contributed by atoms with E-state index in [9.17, 15) is 10.2 Å². The fraction of sp³-hybridized carbons (Fsp3) is 0.692. The van der Waals surface area contributed by atoms with Crippen molar-refractivity contribution in [2.75, 3.05) is 14.1 Å². The van der Waals surface area contributed by atoms with Gasteiger partial charge in [-0.3, -0.25) is 10.0 Å². The third kappa shape index (κ3) is 5.89. The molecular formula is C13H18N4O2PtS2. The molecule has 0 bridgehead atoms. The van der Waals surface area contributed by atoms with E-state index in [0.717, 1.165) is 25.7 Å². The van der Waals surface area contributed by atoms with Gasteiger partial charge in [-0.1, -0.05) is 24.4 Å². The molecule has 2 aliphatic rings. The maximum absolute atomic E-state index is 11.7. The number of thiocarbonyl (C=S) groups is 2. The summed E-state index contributed by atoms with van der Waals surface area (Å²) in [5, 5.41) is 33.8. The van der Waals surface area contributed by atoms with Crippen LogP contribution in [0.15, 0.2) is 10.2 Å². The first kappa shape index (κ1) is 19.5. The van der Waals surface area contributed by atoms with Crippen molar-refractivity contribution in [3.05, 3.63) is 0 Å². The molecule has 0 amide bonds. The second-order valence-electron chi connectivity index (χ2n) is 5.44. The SMILES string of the molecule is CN(/N=C(\[O-])C/C([O-])=N/N(C)C(=S)C1CC1)C(=S)C1CC1.[Pt+2]. The summed E-state index contributed by atoms with van der Waals surface area (Å²) in [5.41, 5.74) is 0. The minimum absolute atomic E-state index is 0. The average Bonchev–Trinajstić information content (AvgIpc) is 3.29. The number of rotatable bonds is 6. The molecule has 0 aromatic carbocycles. The van der Waals surface area contributed by atoms with Crippen molar-refractivity contribution in [1.82, 2.24) is 10.0 Å². The van der Waals surface area contributed by atoms with E-state index in [0.29, 0.717) is 21.8 Å². The average molecular weight is 522 g/mol. The van der Waals surface area contributed by atoms with Gasteiger partial charge < -0.3 is 10.2 Å². The van der Waals surface area contributed by atoms with Crippen molar-refractivity contribution in [3.63, 3.8) is 0 Å². The standard InChI is InChI=1S/C13H20N4O2S2.Pt/c1-16(12(20)8-3-4-8)14-10(18)7-11(19)15-17(2)13(21)9-5-6-9;/h8-9H,3-7H2,1-2H3,(H,14,18)(H,15,19);/q;+2/p-2. The summed E-state index contributed by atoms with van der Waals surface area (Å²) in [6, 6.07) is 0. The van der Waals surface area contributed by atoms with Crippen molar-refractivity contribution in [2.24, 2.45) is 22.0 Å². The molecule has 2 fully saturated rings. The summed E-state index contributed by atoms with van der Waals surface area (Å²) in [4.78, 5) is 1.31. The number of hydrogen-bond donors (Lipinski definition) is 0. The number of nitrogens with zero attached hydrogens (tertiary/aromatic N) is 4. The van der Waals surface area contributed by atoms with Crippen molar-refractivity contribution >= 4 is 46.2 Å². The van der Waals surface area contributed by atoms with Crippen LogP contribution in [0.1, 0.15) is 32.1 Å².